The SMILES string of the molecule is CC[C@@H]1C(CO)O[C@H](O[C@H]2C(CO)O[C@@H](O[C@@H]3C(CO)O[C@@H](OC)[C@@H](O)C3O)[C@@H](O)C2O[C@@H]2OC(CO)[C@@H](O)C(O)[C@@H]2O)C(O)[C@H]1O[C@@H]1OC(CO)[C@@H](O[C@@H]2OC(CO)[C@H](O)C(O[C@@]3(C(=O)O)C[C@@H](O)[C@H](NC(C)=O)C(C(O)CNC)O3)[C@@H]2O)C(O)[C@@H]1NC(C)=O. The van der Waals surface area contributed by atoms with E-state index in [0.717, 1.165) is 21.0 Å². The monoisotopic (exact) mass is 1330 g/mol. The molecule has 528 valence electrons. The van der Waals surface area contributed by atoms with E-state index in [1.807, 2.05) is 0 Å². The molecule has 0 bridgehead atoms. The summed E-state index contributed by atoms with van der Waals surface area (Å²) in [6.45, 7) is -2.60. The highest BCUT2D eigenvalue weighted by Gasteiger charge is 2.62. The minimum absolute atomic E-state index is 0.00898. The zero-order chi connectivity index (χ0) is 67.2. The van der Waals surface area contributed by atoms with Gasteiger partial charge in [-0.3, -0.25) is 9.59 Å². The molecule has 7 heterocycles. The fourth-order valence-electron chi connectivity index (χ4n) is 12.3. The van der Waals surface area contributed by atoms with Crippen LogP contribution in [-0.4, -0.2) is 383 Å². The lowest BCUT2D eigenvalue weighted by Crippen LogP contribution is -2.71. The third-order valence-electron chi connectivity index (χ3n) is 17.1. The van der Waals surface area contributed by atoms with E-state index >= 15 is 0 Å². The number of methoxy groups -OCH3 is 1. The van der Waals surface area contributed by atoms with Gasteiger partial charge >= 0.3 is 5.97 Å². The van der Waals surface area contributed by atoms with Crippen LogP contribution in [0.2, 0.25) is 0 Å². The summed E-state index contributed by atoms with van der Waals surface area (Å²) in [5, 5.41) is 218. The molecule has 0 saturated carbocycles. The van der Waals surface area contributed by atoms with Crippen molar-refractivity contribution in [3.63, 3.8) is 0 Å². The molecule has 14 unspecified atom stereocenters. The highest BCUT2D eigenvalue weighted by Crippen LogP contribution is 2.42. The van der Waals surface area contributed by atoms with Crippen LogP contribution in [0.5, 0.6) is 0 Å². The minimum atomic E-state index is -3.04. The van der Waals surface area contributed by atoms with E-state index in [-0.39, 0.29) is 13.0 Å². The Morgan fingerprint density at radius 2 is 0.901 bits per heavy atom. The van der Waals surface area contributed by atoms with Crippen LogP contribution in [0.15, 0.2) is 0 Å². The molecule has 35 atom stereocenters. The lowest BCUT2D eigenvalue weighted by atomic mass is 9.86. The molecule has 39 heteroatoms. The average Bonchev–Trinajstić information content (AvgIpc) is 0.883. The van der Waals surface area contributed by atoms with Crippen molar-refractivity contribution in [2.45, 2.75) is 242 Å². The number of carbonyl (C=O) groups is 3. The number of carboxylic acids is 1. The molecule has 0 spiro atoms. The third kappa shape index (κ3) is 16.2. The number of aliphatic hydroxyl groups excluding tert-OH is 18. The summed E-state index contributed by atoms with van der Waals surface area (Å²) >= 11 is 0. The van der Waals surface area contributed by atoms with Crippen molar-refractivity contribution in [1.82, 2.24) is 16.0 Å². The number of hydrogen-bond acceptors (Lipinski definition) is 36. The number of ether oxygens (including phenoxy) is 14. The molecule has 0 radical (unpaired) electrons. The first-order chi connectivity index (χ1) is 43.1. The molecule has 2 amide bonds. The highest BCUT2D eigenvalue weighted by molar-refractivity contribution is 5.76. The number of likely N-dealkylation sites (N-methyl/N-ethyl adjacent to an activating group) is 1. The number of carbonyl (C=O) groups excluding carboxylic acids is 2. The predicted octanol–water partition coefficient (Wildman–Crippen LogP) is -13.6. The Morgan fingerprint density at radius 3 is 1.42 bits per heavy atom. The Hall–Kier alpha value is -2.91. The van der Waals surface area contributed by atoms with Crippen molar-refractivity contribution in [2.75, 3.05) is 60.3 Å². The van der Waals surface area contributed by atoms with Crippen LogP contribution in [0, 0.1) is 5.92 Å². The number of carboxylic acid groups (broad SMARTS) is 1. The van der Waals surface area contributed by atoms with Crippen molar-refractivity contribution < 1.29 is 178 Å². The van der Waals surface area contributed by atoms with E-state index in [1.54, 1.807) is 6.92 Å². The van der Waals surface area contributed by atoms with Crippen LogP contribution in [-0.2, 0) is 80.7 Å². The van der Waals surface area contributed by atoms with Crippen LogP contribution in [0.1, 0.15) is 33.6 Å². The Bertz CT molecular complexity index is 2290. The second-order valence-corrected chi connectivity index (χ2v) is 23.1. The van der Waals surface area contributed by atoms with Gasteiger partial charge in [-0.15, -0.1) is 0 Å². The van der Waals surface area contributed by atoms with Gasteiger partial charge in [0.25, 0.3) is 5.79 Å². The molecule has 39 nitrogen and oxygen atoms in total. The number of amides is 2. The van der Waals surface area contributed by atoms with Crippen LogP contribution < -0.4 is 16.0 Å². The predicted molar refractivity (Wildman–Crippen MR) is 286 cm³/mol. The summed E-state index contributed by atoms with van der Waals surface area (Å²) in [6, 6.07) is -3.25. The van der Waals surface area contributed by atoms with Crippen LogP contribution in [0.25, 0.3) is 0 Å². The smallest absolute Gasteiger partial charge is 0.364 e. The van der Waals surface area contributed by atoms with Gasteiger partial charge in [0.05, 0.1) is 70.1 Å². The maximum absolute atomic E-state index is 13.1. The van der Waals surface area contributed by atoms with Crippen LogP contribution >= 0.6 is 0 Å². The first-order valence-corrected chi connectivity index (χ1v) is 29.5. The molecule has 7 fully saturated rings. The van der Waals surface area contributed by atoms with E-state index in [4.69, 9.17) is 66.3 Å². The van der Waals surface area contributed by atoms with E-state index in [9.17, 15) is 111 Å². The Labute approximate surface area is 518 Å². The number of aliphatic carboxylic acids is 1. The normalized spacial score (nSPS) is 47.7. The topological polar surface area (TPSA) is 601 Å². The number of aliphatic hydroxyl groups is 18. The van der Waals surface area contributed by atoms with Crippen molar-refractivity contribution in [1.29, 1.82) is 0 Å². The molecule has 0 aliphatic carbocycles. The van der Waals surface area contributed by atoms with Gasteiger partial charge in [0.1, 0.15) is 134 Å². The van der Waals surface area contributed by atoms with Gasteiger partial charge in [-0.1, -0.05) is 6.92 Å². The maximum atomic E-state index is 13.1. The van der Waals surface area contributed by atoms with Crippen molar-refractivity contribution in [2.24, 2.45) is 5.92 Å². The fourth-order valence-corrected chi connectivity index (χ4v) is 12.3. The molecular formula is C52H89N3O36. The molecule has 7 saturated heterocycles. The second kappa shape index (κ2) is 32.9. The molecule has 0 aromatic heterocycles. The van der Waals surface area contributed by atoms with E-state index in [0.29, 0.717) is 0 Å². The average molecular weight is 1330 g/mol. The molecule has 7 aliphatic heterocycles. The van der Waals surface area contributed by atoms with Gasteiger partial charge in [0, 0.05) is 39.8 Å². The lowest BCUT2D eigenvalue weighted by molar-refractivity contribution is -0.403. The maximum Gasteiger partial charge on any atom is 0.364 e. The minimum Gasteiger partial charge on any atom is -0.477 e. The van der Waals surface area contributed by atoms with E-state index in [1.165, 1.54) is 7.05 Å². The number of nitrogens with one attached hydrogen (secondary N) is 3. The Balaban J connectivity index is 1.16. The van der Waals surface area contributed by atoms with E-state index < -0.39 is 278 Å². The zero-order valence-electron chi connectivity index (χ0n) is 49.9. The summed E-state index contributed by atoms with van der Waals surface area (Å²) in [6.07, 6.45) is -60.5. The standard InChI is InChI=1S/C52H89N3O36/c1-6-17-20(9-56)79-48(88-42-25(14-61)84-50(87-41-24(13-60)83-46(78-5)34(72)32(41)70)37(75)44(42)89-47-33(71)31(69)28(66)21(10-57)80-47)35(73)38(17)85-45-27(55-16(3)63)30(68)40(23(12-59)82-45)86-49-36(74)43(29(67)22(11-58)81-49)91-52(51(76)77)7-18(64)26(54-15(2)62)39(90-52)19(65)8-53-4/h17-50,53,56-61,64-75H,6-14H2,1-5H3,(H,54,62)(H,55,63)(H,76,77)/t17-,18-,19?,20?,21?,22?,23?,24?,25?,26+,27+,28-,29+,30?,31?,32?,33+,34+,35?,36+,37+,38+,39?,40-,41-,42+,43?,44?,45+,46-,47+,48-,49+,50+,52-/m1/s1. The summed E-state index contributed by atoms with van der Waals surface area (Å²) in [5.41, 5.74) is 0. The Morgan fingerprint density at radius 1 is 0.484 bits per heavy atom. The summed E-state index contributed by atoms with van der Waals surface area (Å²) < 4.78 is 82.2. The van der Waals surface area contributed by atoms with Crippen molar-refractivity contribution in [3.05, 3.63) is 0 Å². The first kappa shape index (κ1) is 75.5. The Kier molecular flexibility index (Phi) is 27.3. The highest BCUT2D eigenvalue weighted by atomic mass is 16.8. The van der Waals surface area contributed by atoms with Gasteiger partial charge in [0.15, 0.2) is 37.7 Å². The molecule has 0 aromatic carbocycles. The van der Waals surface area contributed by atoms with Gasteiger partial charge in [-0.05, 0) is 13.5 Å². The third-order valence-corrected chi connectivity index (χ3v) is 17.1. The van der Waals surface area contributed by atoms with Gasteiger partial charge in [0.2, 0.25) is 11.8 Å². The number of hydrogen-bond donors (Lipinski definition) is 22. The van der Waals surface area contributed by atoms with Crippen LogP contribution in [0.3, 0.4) is 0 Å². The summed E-state index contributed by atoms with van der Waals surface area (Å²) in [4.78, 5) is 38.2. The van der Waals surface area contributed by atoms with Crippen molar-refractivity contribution >= 4 is 17.8 Å². The first-order valence-electron chi connectivity index (χ1n) is 29.5. The molecule has 7 rings (SSSR count). The van der Waals surface area contributed by atoms with E-state index in [2.05, 4.69) is 16.0 Å². The van der Waals surface area contributed by atoms with Gasteiger partial charge in [-0.2, -0.15) is 0 Å². The van der Waals surface area contributed by atoms with Gasteiger partial charge < -0.3 is 179 Å². The zero-order valence-corrected chi connectivity index (χ0v) is 49.9. The van der Waals surface area contributed by atoms with Crippen LogP contribution in [0.4, 0.5) is 0 Å². The second-order valence-electron chi connectivity index (χ2n) is 23.1. The van der Waals surface area contributed by atoms with Crippen molar-refractivity contribution in [3.8, 4) is 0 Å². The lowest BCUT2D eigenvalue weighted by Gasteiger charge is -2.52. The largest absolute Gasteiger partial charge is 0.477 e. The molecule has 91 heavy (non-hydrogen) atoms. The van der Waals surface area contributed by atoms with Gasteiger partial charge in [-0.25, -0.2) is 4.79 Å². The molecule has 0 aromatic rings. The molecule has 7 aliphatic rings. The number of rotatable bonds is 26. The quantitative estimate of drug-likeness (QED) is 0.0382. The summed E-state index contributed by atoms with van der Waals surface area (Å²) in [7, 11) is 2.55. The molecular weight excluding hydrogens is 1240 g/mol. The molecule has 22 N–H and O–H groups in total. The fraction of sp³-hybridized carbons (Fsp3) is 0.942. The summed E-state index contributed by atoms with van der Waals surface area (Å²) in [5.74, 6) is -7.67.